The Hall–Kier alpha value is -2.43. The first-order chi connectivity index (χ1) is 9.26. The Morgan fingerprint density at radius 1 is 1.45 bits per heavy atom. The highest BCUT2D eigenvalue weighted by molar-refractivity contribution is 5.74. The molecule has 0 amide bonds. The smallest absolute Gasteiger partial charge is 0.508 e. The molecule has 0 aliphatic rings. The number of hydrogen-bond donors (Lipinski definition) is 1. The van der Waals surface area contributed by atoms with E-state index in [4.69, 9.17) is 5.26 Å². The van der Waals surface area contributed by atoms with Gasteiger partial charge in [0.15, 0.2) is 5.75 Å². The lowest BCUT2D eigenvalue weighted by Gasteiger charge is -2.12. The third-order valence-electron chi connectivity index (χ3n) is 2.17. The zero-order valence-corrected chi connectivity index (χ0v) is 10.3. The minimum Gasteiger partial charge on any atom is -0.508 e. The summed E-state index contributed by atoms with van der Waals surface area (Å²) >= 11 is 0. The van der Waals surface area contributed by atoms with Gasteiger partial charge in [-0.1, -0.05) is 0 Å². The number of aromatic hydroxyl groups is 1. The van der Waals surface area contributed by atoms with E-state index in [0.717, 1.165) is 6.07 Å². The zero-order valence-electron chi connectivity index (χ0n) is 10.3. The predicted molar refractivity (Wildman–Crippen MR) is 59.8 cm³/mol. The van der Waals surface area contributed by atoms with Crippen LogP contribution < -0.4 is 4.74 Å². The lowest BCUT2D eigenvalue weighted by atomic mass is 10.1. The van der Waals surface area contributed by atoms with Gasteiger partial charge in [-0.3, -0.25) is 4.79 Å². The Bertz CT molecular complexity index is 549. The summed E-state index contributed by atoms with van der Waals surface area (Å²) in [6.07, 6.45) is -5.35. The fourth-order valence-electron chi connectivity index (χ4n) is 1.42. The molecule has 5 nitrogen and oxygen atoms in total. The number of rotatable bonds is 4. The van der Waals surface area contributed by atoms with E-state index in [-0.39, 0.29) is 18.6 Å². The molecule has 0 unspecified atom stereocenters. The molecule has 0 heterocycles. The average Bonchev–Trinajstić information content (AvgIpc) is 2.31. The lowest BCUT2D eigenvalue weighted by Crippen LogP contribution is -2.18. The Kier molecular flexibility index (Phi) is 4.80. The largest absolute Gasteiger partial charge is 0.573 e. The molecule has 1 N–H and O–H groups in total. The number of carbonyl (C=O) groups excluding carboxylic acids is 1. The van der Waals surface area contributed by atoms with Crippen molar-refractivity contribution in [2.75, 3.05) is 6.61 Å². The number of hydrogen-bond acceptors (Lipinski definition) is 5. The van der Waals surface area contributed by atoms with Gasteiger partial charge in [-0.2, -0.15) is 5.26 Å². The van der Waals surface area contributed by atoms with Gasteiger partial charge in [-0.05, 0) is 13.0 Å². The molecule has 1 aromatic carbocycles. The van der Waals surface area contributed by atoms with E-state index >= 15 is 0 Å². The van der Waals surface area contributed by atoms with E-state index in [0.29, 0.717) is 6.07 Å². The van der Waals surface area contributed by atoms with Crippen molar-refractivity contribution in [1.82, 2.24) is 0 Å². The number of nitrogens with zero attached hydrogens (tertiary/aromatic N) is 1. The summed E-state index contributed by atoms with van der Waals surface area (Å²) in [5, 5.41) is 18.3. The van der Waals surface area contributed by atoms with E-state index in [1.807, 2.05) is 0 Å². The molecule has 108 valence electrons. The van der Waals surface area contributed by atoms with Crippen LogP contribution in [0.15, 0.2) is 12.1 Å². The number of esters is 1. The van der Waals surface area contributed by atoms with Crippen molar-refractivity contribution < 1.29 is 32.5 Å². The van der Waals surface area contributed by atoms with Crippen molar-refractivity contribution in [2.24, 2.45) is 0 Å². The lowest BCUT2D eigenvalue weighted by molar-refractivity contribution is -0.274. The summed E-state index contributed by atoms with van der Waals surface area (Å²) in [4.78, 5) is 11.3. The average molecular weight is 289 g/mol. The molecule has 0 aromatic heterocycles. The van der Waals surface area contributed by atoms with Gasteiger partial charge in [0.1, 0.15) is 11.8 Å². The molecule has 0 fully saturated rings. The van der Waals surface area contributed by atoms with E-state index in [2.05, 4.69) is 9.47 Å². The Labute approximate surface area is 112 Å². The van der Waals surface area contributed by atoms with Gasteiger partial charge >= 0.3 is 12.3 Å². The van der Waals surface area contributed by atoms with E-state index < -0.39 is 29.4 Å². The molecule has 0 aliphatic carbocycles. The number of phenols is 1. The molecule has 0 radical (unpaired) electrons. The third-order valence-corrected chi connectivity index (χ3v) is 2.17. The predicted octanol–water partition coefficient (Wildman–Crippen LogP) is 2.27. The maximum atomic E-state index is 12.1. The molecule has 8 heteroatoms. The molecule has 0 saturated carbocycles. The summed E-state index contributed by atoms with van der Waals surface area (Å²) in [6, 6.07) is 3.09. The molecular weight excluding hydrogens is 279 g/mol. The molecule has 1 rings (SSSR count). The monoisotopic (exact) mass is 289 g/mol. The fourth-order valence-corrected chi connectivity index (χ4v) is 1.42. The molecular formula is C12H10F3NO4. The highest BCUT2D eigenvalue weighted by atomic mass is 19.4. The van der Waals surface area contributed by atoms with Crippen molar-refractivity contribution in [3.8, 4) is 17.6 Å². The molecule has 0 bridgehead atoms. The fraction of sp³-hybridized carbons (Fsp3) is 0.333. The summed E-state index contributed by atoms with van der Waals surface area (Å²) < 4.78 is 44.6. The highest BCUT2D eigenvalue weighted by Crippen LogP contribution is 2.32. The van der Waals surface area contributed by atoms with Gasteiger partial charge < -0.3 is 14.6 Å². The van der Waals surface area contributed by atoms with Crippen LogP contribution in [0.3, 0.4) is 0 Å². The minimum atomic E-state index is -4.99. The van der Waals surface area contributed by atoms with Gasteiger partial charge in [-0.25, -0.2) is 0 Å². The van der Waals surface area contributed by atoms with Gasteiger partial charge in [0.05, 0.1) is 18.6 Å². The van der Waals surface area contributed by atoms with Gasteiger partial charge in [-0.15, -0.1) is 13.2 Å². The van der Waals surface area contributed by atoms with Crippen LogP contribution in [-0.4, -0.2) is 24.0 Å². The number of carbonyl (C=O) groups is 1. The van der Waals surface area contributed by atoms with Crippen molar-refractivity contribution in [2.45, 2.75) is 19.7 Å². The van der Waals surface area contributed by atoms with Crippen LogP contribution in [0.4, 0.5) is 13.2 Å². The van der Waals surface area contributed by atoms with Crippen LogP contribution in [0.2, 0.25) is 0 Å². The highest BCUT2D eigenvalue weighted by Gasteiger charge is 2.32. The van der Waals surface area contributed by atoms with Crippen LogP contribution in [-0.2, 0) is 16.0 Å². The maximum absolute atomic E-state index is 12.1. The first-order valence-electron chi connectivity index (χ1n) is 5.44. The number of alkyl halides is 3. The number of benzene rings is 1. The van der Waals surface area contributed by atoms with Crippen LogP contribution >= 0.6 is 0 Å². The van der Waals surface area contributed by atoms with Crippen LogP contribution in [0, 0.1) is 11.3 Å². The normalized spacial score (nSPS) is 10.8. The van der Waals surface area contributed by atoms with Crippen LogP contribution in [0.25, 0.3) is 0 Å². The third kappa shape index (κ3) is 4.35. The van der Waals surface area contributed by atoms with Crippen molar-refractivity contribution in [3.63, 3.8) is 0 Å². The summed E-state index contributed by atoms with van der Waals surface area (Å²) in [5.74, 6) is -2.09. The van der Waals surface area contributed by atoms with Gasteiger partial charge in [0.25, 0.3) is 0 Å². The molecule has 0 aliphatic heterocycles. The first kappa shape index (κ1) is 15.6. The number of ether oxygens (including phenoxy) is 2. The van der Waals surface area contributed by atoms with Crippen LogP contribution in [0.5, 0.6) is 11.5 Å². The number of phenolic OH excluding ortho intramolecular Hbond substituents is 1. The second kappa shape index (κ2) is 6.14. The van der Waals surface area contributed by atoms with Gasteiger partial charge in [0, 0.05) is 11.6 Å². The molecule has 0 spiro atoms. The second-order valence-electron chi connectivity index (χ2n) is 3.62. The SMILES string of the molecule is CCOC(=O)Cc1cc(C#N)c(OC(F)(F)F)cc1O. The minimum absolute atomic E-state index is 0.0190. The number of halogens is 3. The topological polar surface area (TPSA) is 79.6 Å². The van der Waals surface area contributed by atoms with E-state index in [1.54, 1.807) is 6.92 Å². The Morgan fingerprint density at radius 2 is 2.10 bits per heavy atom. The van der Waals surface area contributed by atoms with Crippen LogP contribution in [0.1, 0.15) is 18.1 Å². The van der Waals surface area contributed by atoms with Crippen molar-refractivity contribution >= 4 is 5.97 Å². The van der Waals surface area contributed by atoms with Crippen molar-refractivity contribution in [3.05, 3.63) is 23.3 Å². The van der Waals surface area contributed by atoms with E-state index in [9.17, 15) is 23.1 Å². The second-order valence-corrected chi connectivity index (χ2v) is 3.62. The maximum Gasteiger partial charge on any atom is 0.573 e. The Balaban J connectivity index is 3.08. The molecule has 20 heavy (non-hydrogen) atoms. The number of nitriles is 1. The first-order valence-corrected chi connectivity index (χ1v) is 5.44. The van der Waals surface area contributed by atoms with E-state index in [1.165, 1.54) is 6.07 Å². The summed E-state index contributed by atoms with van der Waals surface area (Å²) in [6.45, 7) is 1.71. The quantitative estimate of drug-likeness (QED) is 0.860. The van der Waals surface area contributed by atoms with Crippen molar-refractivity contribution in [1.29, 1.82) is 5.26 Å². The summed E-state index contributed by atoms with van der Waals surface area (Å²) in [5.41, 5.74) is -0.464. The molecule has 0 atom stereocenters. The Morgan fingerprint density at radius 3 is 2.60 bits per heavy atom. The standard InChI is InChI=1S/C12H10F3NO4/c1-2-19-11(18)4-7-3-8(6-16)10(5-9(7)17)20-12(13,14)15/h3,5,17H,2,4H2,1H3. The molecule has 1 aromatic rings. The molecule has 0 saturated heterocycles. The van der Waals surface area contributed by atoms with Gasteiger partial charge in [0.2, 0.25) is 0 Å². The summed E-state index contributed by atoms with van der Waals surface area (Å²) in [7, 11) is 0. The zero-order chi connectivity index (χ0) is 15.3.